The monoisotopic (exact) mass is 479 g/mol. The maximum atomic E-state index is 12.4. The van der Waals surface area contributed by atoms with E-state index >= 15 is 0 Å². The van der Waals surface area contributed by atoms with Crippen LogP contribution >= 0.6 is 15.9 Å². The smallest absolute Gasteiger partial charge is 0.407 e. The Morgan fingerprint density at radius 1 is 0.968 bits per heavy atom. The van der Waals surface area contributed by atoms with Crippen molar-refractivity contribution in [3.05, 3.63) is 94.0 Å². The van der Waals surface area contributed by atoms with E-state index in [0.717, 1.165) is 32.3 Å². The van der Waals surface area contributed by atoms with Gasteiger partial charge >= 0.3 is 12.1 Å². The molecule has 0 saturated heterocycles. The van der Waals surface area contributed by atoms with Gasteiger partial charge in [0, 0.05) is 10.4 Å². The second-order valence-corrected chi connectivity index (χ2v) is 8.44. The largest absolute Gasteiger partial charge is 0.480 e. The molecule has 2 N–H and O–H groups in total. The van der Waals surface area contributed by atoms with Crippen molar-refractivity contribution < 1.29 is 19.4 Å². The molecule has 0 bridgehead atoms. The van der Waals surface area contributed by atoms with Gasteiger partial charge in [-0.3, -0.25) is 0 Å². The molecule has 1 amide bonds. The van der Waals surface area contributed by atoms with E-state index < -0.39 is 18.1 Å². The number of aryl methyl sites for hydroxylation is 1. The molecule has 0 heterocycles. The van der Waals surface area contributed by atoms with Crippen LogP contribution in [-0.2, 0) is 16.0 Å². The fourth-order valence-electron chi connectivity index (χ4n) is 4.04. The summed E-state index contributed by atoms with van der Waals surface area (Å²) in [5, 5.41) is 12.0. The SMILES string of the molecule is O=C(NC(CCc1cccc(Br)c1)C(=O)O)OCC1c2ccccc2-c2ccccc21. The van der Waals surface area contributed by atoms with Gasteiger partial charge in [-0.1, -0.05) is 76.6 Å². The Morgan fingerprint density at radius 3 is 2.23 bits per heavy atom. The normalized spacial score (nSPS) is 13.2. The van der Waals surface area contributed by atoms with E-state index in [1.807, 2.05) is 60.7 Å². The van der Waals surface area contributed by atoms with E-state index in [9.17, 15) is 14.7 Å². The van der Waals surface area contributed by atoms with Gasteiger partial charge in [-0.2, -0.15) is 0 Å². The summed E-state index contributed by atoms with van der Waals surface area (Å²) in [5.41, 5.74) is 5.51. The first-order chi connectivity index (χ1) is 15.0. The number of carboxylic acid groups (broad SMARTS) is 1. The summed E-state index contributed by atoms with van der Waals surface area (Å²) >= 11 is 3.41. The average molecular weight is 480 g/mol. The van der Waals surface area contributed by atoms with Crippen LogP contribution in [0.5, 0.6) is 0 Å². The minimum Gasteiger partial charge on any atom is -0.480 e. The van der Waals surface area contributed by atoms with Crippen molar-refractivity contribution in [3.8, 4) is 11.1 Å². The number of benzene rings is 3. The summed E-state index contributed by atoms with van der Waals surface area (Å²) in [6.45, 7) is 0.151. The molecule has 0 aliphatic heterocycles. The fraction of sp³-hybridized carbons (Fsp3) is 0.200. The highest BCUT2D eigenvalue weighted by Gasteiger charge is 2.29. The summed E-state index contributed by atoms with van der Waals surface area (Å²) in [4.78, 5) is 24.0. The van der Waals surface area contributed by atoms with Gasteiger partial charge in [0.1, 0.15) is 12.6 Å². The van der Waals surface area contributed by atoms with Crippen LogP contribution in [0.4, 0.5) is 4.79 Å². The van der Waals surface area contributed by atoms with Crippen molar-refractivity contribution in [2.45, 2.75) is 24.8 Å². The number of ether oxygens (including phenoxy) is 1. The third-order valence-electron chi connectivity index (χ3n) is 5.54. The maximum absolute atomic E-state index is 12.4. The highest BCUT2D eigenvalue weighted by atomic mass is 79.9. The molecule has 6 heteroatoms. The quantitative estimate of drug-likeness (QED) is 0.477. The summed E-state index contributed by atoms with van der Waals surface area (Å²) in [6, 6.07) is 22.8. The van der Waals surface area contributed by atoms with E-state index in [2.05, 4.69) is 33.4 Å². The number of carboxylic acids is 1. The summed E-state index contributed by atoms with van der Waals surface area (Å²) in [5.74, 6) is -1.15. The van der Waals surface area contributed by atoms with Crippen LogP contribution in [-0.4, -0.2) is 29.8 Å². The lowest BCUT2D eigenvalue weighted by atomic mass is 9.98. The number of aliphatic carboxylic acids is 1. The number of halogens is 1. The lowest BCUT2D eigenvalue weighted by Crippen LogP contribution is -2.41. The Hall–Kier alpha value is -3.12. The molecule has 3 aromatic carbocycles. The van der Waals surface area contributed by atoms with Crippen molar-refractivity contribution in [2.24, 2.45) is 0 Å². The first-order valence-corrected chi connectivity index (χ1v) is 10.9. The number of carbonyl (C=O) groups is 2. The molecule has 0 aromatic heterocycles. The lowest BCUT2D eigenvalue weighted by Gasteiger charge is -2.17. The van der Waals surface area contributed by atoms with Gasteiger partial charge in [-0.05, 0) is 52.8 Å². The number of carbonyl (C=O) groups excluding carboxylic acids is 1. The summed E-state index contributed by atoms with van der Waals surface area (Å²) < 4.78 is 6.40. The van der Waals surface area contributed by atoms with E-state index in [-0.39, 0.29) is 18.9 Å². The number of nitrogens with one attached hydrogen (secondary N) is 1. The predicted octanol–water partition coefficient (Wildman–Crippen LogP) is 5.37. The number of alkyl carbamates (subject to hydrolysis) is 1. The van der Waals surface area contributed by atoms with Gasteiger partial charge in [0.15, 0.2) is 0 Å². The van der Waals surface area contributed by atoms with Crippen LogP contribution in [0.15, 0.2) is 77.3 Å². The number of rotatable bonds is 7. The molecule has 4 rings (SSSR count). The third kappa shape index (κ3) is 4.80. The van der Waals surface area contributed by atoms with Crippen LogP contribution in [0.25, 0.3) is 11.1 Å². The minimum atomic E-state index is -1.08. The molecule has 0 spiro atoms. The van der Waals surface area contributed by atoms with Gasteiger partial charge in [0.25, 0.3) is 0 Å². The summed E-state index contributed by atoms with van der Waals surface area (Å²) in [6.07, 6.45) is 0.0827. The zero-order chi connectivity index (χ0) is 21.8. The second kappa shape index (κ2) is 9.35. The molecule has 31 heavy (non-hydrogen) atoms. The van der Waals surface area contributed by atoms with Crippen molar-refractivity contribution in [2.75, 3.05) is 6.61 Å². The van der Waals surface area contributed by atoms with Gasteiger partial charge < -0.3 is 15.2 Å². The van der Waals surface area contributed by atoms with Gasteiger partial charge in [0.05, 0.1) is 0 Å². The molecular weight excluding hydrogens is 458 g/mol. The zero-order valence-electron chi connectivity index (χ0n) is 16.8. The molecule has 1 aliphatic rings. The average Bonchev–Trinajstić information content (AvgIpc) is 3.09. The number of hydrogen-bond acceptors (Lipinski definition) is 3. The topological polar surface area (TPSA) is 75.6 Å². The fourth-order valence-corrected chi connectivity index (χ4v) is 4.49. The molecule has 0 radical (unpaired) electrons. The first kappa shape index (κ1) is 21.1. The Balaban J connectivity index is 1.38. The highest BCUT2D eigenvalue weighted by Crippen LogP contribution is 2.44. The van der Waals surface area contributed by atoms with Crippen molar-refractivity contribution in [1.29, 1.82) is 0 Å². The van der Waals surface area contributed by atoms with Gasteiger partial charge in [0.2, 0.25) is 0 Å². The zero-order valence-corrected chi connectivity index (χ0v) is 18.3. The molecule has 158 valence electrons. The number of amides is 1. The van der Waals surface area contributed by atoms with Crippen LogP contribution in [0.3, 0.4) is 0 Å². The first-order valence-electron chi connectivity index (χ1n) is 10.1. The molecule has 0 saturated carbocycles. The predicted molar refractivity (Wildman–Crippen MR) is 122 cm³/mol. The van der Waals surface area contributed by atoms with Crippen molar-refractivity contribution in [3.63, 3.8) is 0 Å². The Kier molecular flexibility index (Phi) is 6.37. The van der Waals surface area contributed by atoms with E-state index in [1.54, 1.807) is 0 Å². The van der Waals surface area contributed by atoms with Gasteiger partial charge in [-0.25, -0.2) is 9.59 Å². The lowest BCUT2D eigenvalue weighted by molar-refractivity contribution is -0.139. The van der Waals surface area contributed by atoms with Crippen LogP contribution < -0.4 is 5.32 Å². The molecule has 1 aliphatic carbocycles. The molecule has 5 nitrogen and oxygen atoms in total. The molecular formula is C25H22BrNO4. The molecule has 3 aromatic rings. The van der Waals surface area contributed by atoms with Crippen LogP contribution in [0.2, 0.25) is 0 Å². The number of fused-ring (bicyclic) bond motifs is 3. The molecule has 0 fully saturated rings. The van der Waals surface area contributed by atoms with E-state index in [4.69, 9.17) is 4.74 Å². The Bertz CT molecular complexity index is 1070. The highest BCUT2D eigenvalue weighted by molar-refractivity contribution is 9.10. The van der Waals surface area contributed by atoms with Crippen molar-refractivity contribution in [1.82, 2.24) is 5.32 Å². The molecule has 1 unspecified atom stereocenters. The van der Waals surface area contributed by atoms with E-state index in [0.29, 0.717) is 6.42 Å². The minimum absolute atomic E-state index is 0.0666. The molecule has 1 atom stereocenters. The van der Waals surface area contributed by atoms with Crippen LogP contribution in [0.1, 0.15) is 29.0 Å². The van der Waals surface area contributed by atoms with E-state index in [1.165, 1.54) is 0 Å². The summed E-state index contributed by atoms with van der Waals surface area (Å²) in [7, 11) is 0. The van der Waals surface area contributed by atoms with Crippen molar-refractivity contribution >= 4 is 28.0 Å². The van der Waals surface area contributed by atoms with Crippen LogP contribution in [0, 0.1) is 0 Å². The number of hydrogen-bond donors (Lipinski definition) is 2. The third-order valence-corrected chi connectivity index (χ3v) is 6.04. The maximum Gasteiger partial charge on any atom is 0.407 e. The standard InChI is InChI=1S/C25H22BrNO4/c26-17-7-5-6-16(14-17)12-13-23(24(28)29)27-25(30)31-15-22-20-10-3-1-8-18(20)19-9-2-4-11-21(19)22/h1-11,14,22-23H,12-13,15H2,(H,27,30)(H,28,29). The second-order valence-electron chi connectivity index (χ2n) is 7.53. The van der Waals surface area contributed by atoms with Gasteiger partial charge in [-0.15, -0.1) is 0 Å². The Morgan fingerprint density at radius 2 is 1.61 bits per heavy atom. The Labute approximate surface area is 189 Å².